The van der Waals surface area contributed by atoms with E-state index >= 15 is 0 Å². The van der Waals surface area contributed by atoms with Gasteiger partial charge in [0, 0.05) is 31.8 Å². The summed E-state index contributed by atoms with van der Waals surface area (Å²) in [6.45, 7) is 2.76. The summed E-state index contributed by atoms with van der Waals surface area (Å²) >= 11 is 0. The molecular formula is C17H32N2O. The quantitative estimate of drug-likeness (QED) is 0.813. The average molecular weight is 280 g/mol. The second-order valence-corrected chi connectivity index (χ2v) is 7.55. The van der Waals surface area contributed by atoms with Gasteiger partial charge in [-0.05, 0) is 56.8 Å². The molecule has 3 rings (SSSR count). The Balaban J connectivity index is 1.67. The molecule has 0 aromatic carbocycles. The fourth-order valence-electron chi connectivity index (χ4n) is 4.86. The highest BCUT2D eigenvalue weighted by atomic mass is 16.5. The Morgan fingerprint density at radius 2 is 1.70 bits per heavy atom. The standard InChI is InChI=1S/C17H32N2O/c1-20-13-12-19(15-4-5-15)17(14-18)10-8-16(9-11-17)6-2-3-7-16/h15H,2-14,18H2,1H3. The van der Waals surface area contributed by atoms with Crippen molar-refractivity contribution in [3.63, 3.8) is 0 Å². The molecule has 3 heteroatoms. The third kappa shape index (κ3) is 2.77. The van der Waals surface area contributed by atoms with Crippen LogP contribution in [0.4, 0.5) is 0 Å². The minimum atomic E-state index is 0.285. The van der Waals surface area contributed by atoms with Crippen molar-refractivity contribution < 1.29 is 4.74 Å². The van der Waals surface area contributed by atoms with Gasteiger partial charge >= 0.3 is 0 Å². The largest absolute Gasteiger partial charge is 0.383 e. The number of hydrogen-bond donors (Lipinski definition) is 1. The molecule has 0 saturated heterocycles. The number of rotatable bonds is 6. The van der Waals surface area contributed by atoms with Crippen LogP contribution >= 0.6 is 0 Å². The molecule has 3 aliphatic carbocycles. The van der Waals surface area contributed by atoms with Crippen LogP contribution in [0.2, 0.25) is 0 Å². The van der Waals surface area contributed by atoms with Gasteiger partial charge in [-0.15, -0.1) is 0 Å². The smallest absolute Gasteiger partial charge is 0.0590 e. The topological polar surface area (TPSA) is 38.5 Å². The molecule has 2 N–H and O–H groups in total. The first-order chi connectivity index (χ1) is 9.74. The summed E-state index contributed by atoms with van der Waals surface area (Å²) < 4.78 is 5.34. The predicted molar refractivity (Wildman–Crippen MR) is 82.8 cm³/mol. The summed E-state index contributed by atoms with van der Waals surface area (Å²) in [5, 5.41) is 0. The molecule has 0 aromatic rings. The van der Waals surface area contributed by atoms with Crippen LogP contribution in [0.5, 0.6) is 0 Å². The summed E-state index contributed by atoms with van der Waals surface area (Å²) in [6.07, 6.45) is 14.1. The van der Waals surface area contributed by atoms with E-state index in [1.807, 2.05) is 7.11 Å². The van der Waals surface area contributed by atoms with Gasteiger partial charge in [0.05, 0.1) is 6.61 Å². The van der Waals surface area contributed by atoms with Gasteiger partial charge in [-0.25, -0.2) is 0 Å². The number of ether oxygens (including phenoxy) is 1. The summed E-state index contributed by atoms with van der Waals surface area (Å²) in [7, 11) is 1.81. The molecule has 20 heavy (non-hydrogen) atoms. The Morgan fingerprint density at radius 1 is 1.05 bits per heavy atom. The Bertz CT molecular complexity index is 311. The van der Waals surface area contributed by atoms with Crippen LogP contribution in [-0.4, -0.2) is 43.3 Å². The van der Waals surface area contributed by atoms with Crippen LogP contribution in [0.25, 0.3) is 0 Å². The first-order valence-electron chi connectivity index (χ1n) is 8.69. The normalized spacial score (nSPS) is 28.4. The van der Waals surface area contributed by atoms with E-state index in [0.29, 0.717) is 5.41 Å². The van der Waals surface area contributed by atoms with E-state index in [1.54, 1.807) is 0 Å². The van der Waals surface area contributed by atoms with Crippen molar-refractivity contribution >= 4 is 0 Å². The lowest BCUT2D eigenvalue weighted by molar-refractivity contribution is -0.00523. The zero-order valence-electron chi connectivity index (χ0n) is 13.2. The molecule has 0 atom stereocenters. The van der Waals surface area contributed by atoms with Gasteiger partial charge in [-0.1, -0.05) is 12.8 Å². The van der Waals surface area contributed by atoms with Crippen molar-refractivity contribution in [1.82, 2.24) is 4.90 Å². The van der Waals surface area contributed by atoms with Crippen molar-refractivity contribution in [3.8, 4) is 0 Å². The van der Waals surface area contributed by atoms with Gasteiger partial charge in [0.2, 0.25) is 0 Å². The fourth-order valence-corrected chi connectivity index (χ4v) is 4.86. The second-order valence-electron chi connectivity index (χ2n) is 7.55. The molecule has 0 aromatic heterocycles. The molecule has 3 saturated carbocycles. The number of nitrogens with two attached hydrogens (primary N) is 1. The zero-order valence-corrected chi connectivity index (χ0v) is 13.2. The third-order valence-electron chi connectivity index (χ3n) is 6.42. The third-order valence-corrected chi connectivity index (χ3v) is 6.42. The van der Waals surface area contributed by atoms with Crippen molar-refractivity contribution in [2.24, 2.45) is 11.1 Å². The Labute approximate surface area is 124 Å². The highest BCUT2D eigenvalue weighted by Gasteiger charge is 2.49. The van der Waals surface area contributed by atoms with Gasteiger partial charge in [-0.2, -0.15) is 0 Å². The Kier molecular flexibility index (Phi) is 4.40. The molecule has 3 aliphatic rings. The van der Waals surface area contributed by atoms with E-state index in [1.165, 1.54) is 64.2 Å². The molecule has 116 valence electrons. The first-order valence-corrected chi connectivity index (χ1v) is 8.69. The summed E-state index contributed by atoms with van der Waals surface area (Å²) in [6, 6.07) is 0.798. The minimum Gasteiger partial charge on any atom is -0.383 e. The average Bonchev–Trinajstić information content (AvgIpc) is 3.22. The predicted octanol–water partition coefficient (Wildman–Crippen LogP) is 2.93. The highest BCUT2D eigenvalue weighted by molar-refractivity contribution is 5.04. The molecule has 0 amide bonds. The van der Waals surface area contributed by atoms with Gasteiger partial charge in [0.15, 0.2) is 0 Å². The zero-order chi connectivity index (χ0) is 14.1. The maximum absolute atomic E-state index is 6.28. The van der Waals surface area contributed by atoms with E-state index in [9.17, 15) is 0 Å². The van der Waals surface area contributed by atoms with Crippen molar-refractivity contribution in [1.29, 1.82) is 0 Å². The number of hydrogen-bond acceptors (Lipinski definition) is 3. The molecular weight excluding hydrogens is 248 g/mol. The van der Waals surface area contributed by atoms with Crippen LogP contribution in [0.1, 0.15) is 64.2 Å². The highest BCUT2D eigenvalue weighted by Crippen LogP contribution is 2.53. The Hall–Kier alpha value is -0.120. The number of nitrogens with zero attached hydrogens (tertiary/aromatic N) is 1. The van der Waals surface area contributed by atoms with Gasteiger partial charge in [-0.3, -0.25) is 4.90 Å². The SMILES string of the molecule is COCCN(C1CC1)C1(CN)CCC2(CCCC2)CC1. The van der Waals surface area contributed by atoms with Gasteiger partial charge in [0.1, 0.15) is 0 Å². The lowest BCUT2D eigenvalue weighted by Gasteiger charge is -2.51. The molecule has 3 nitrogen and oxygen atoms in total. The molecule has 3 fully saturated rings. The fraction of sp³-hybridized carbons (Fsp3) is 1.00. The maximum Gasteiger partial charge on any atom is 0.0590 e. The Morgan fingerprint density at radius 3 is 2.20 bits per heavy atom. The maximum atomic E-state index is 6.28. The van der Waals surface area contributed by atoms with Crippen LogP contribution < -0.4 is 5.73 Å². The van der Waals surface area contributed by atoms with E-state index in [0.717, 1.165) is 25.7 Å². The van der Waals surface area contributed by atoms with Crippen molar-refractivity contribution in [2.75, 3.05) is 26.8 Å². The molecule has 0 aliphatic heterocycles. The van der Waals surface area contributed by atoms with Crippen molar-refractivity contribution in [2.45, 2.75) is 75.8 Å². The van der Waals surface area contributed by atoms with Gasteiger partial charge < -0.3 is 10.5 Å². The molecule has 0 bridgehead atoms. The number of methoxy groups -OCH3 is 1. The van der Waals surface area contributed by atoms with E-state index in [-0.39, 0.29) is 5.54 Å². The minimum absolute atomic E-state index is 0.285. The van der Waals surface area contributed by atoms with E-state index in [4.69, 9.17) is 10.5 Å². The first kappa shape index (κ1) is 14.8. The molecule has 0 heterocycles. The lowest BCUT2D eigenvalue weighted by Crippen LogP contribution is -2.58. The van der Waals surface area contributed by atoms with Crippen LogP contribution in [0.3, 0.4) is 0 Å². The van der Waals surface area contributed by atoms with Crippen LogP contribution in [-0.2, 0) is 4.74 Å². The van der Waals surface area contributed by atoms with E-state index in [2.05, 4.69) is 4.90 Å². The summed E-state index contributed by atoms with van der Waals surface area (Å²) in [5.74, 6) is 0. The summed E-state index contributed by atoms with van der Waals surface area (Å²) in [5.41, 5.74) is 7.27. The second kappa shape index (κ2) is 5.94. The molecule has 0 unspecified atom stereocenters. The molecule has 1 spiro atoms. The summed E-state index contributed by atoms with van der Waals surface area (Å²) in [4.78, 5) is 2.73. The van der Waals surface area contributed by atoms with Crippen LogP contribution in [0, 0.1) is 5.41 Å². The van der Waals surface area contributed by atoms with Crippen molar-refractivity contribution in [3.05, 3.63) is 0 Å². The van der Waals surface area contributed by atoms with Crippen LogP contribution in [0.15, 0.2) is 0 Å². The van der Waals surface area contributed by atoms with E-state index < -0.39 is 0 Å². The molecule has 0 radical (unpaired) electrons. The van der Waals surface area contributed by atoms with Gasteiger partial charge in [0.25, 0.3) is 0 Å². The monoisotopic (exact) mass is 280 g/mol. The lowest BCUT2D eigenvalue weighted by atomic mass is 9.65.